The molecule has 0 radical (unpaired) electrons. The minimum absolute atomic E-state index is 0.000435. The van der Waals surface area contributed by atoms with Gasteiger partial charge < -0.3 is 4.74 Å². The van der Waals surface area contributed by atoms with Gasteiger partial charge in [-0.15, -0.1) is 0 Å². The van der Waals surface area contributed by atoms with Gasteiger partial charge in [-0.25, -0.2) is 4.39 Å². The van der Waals surface area contributed by atoms with Crippen LogP contribution in [0.25, 0.3) is 0 Å². The van der Waals surface area contributed by atoms with Crippen LogP contribution in [0.1, 0.15) is 26.2 Å². The summed E-state index contributed by atoms with van der Waals surface area (Å²) in [5.74, 6) is -1.27. The number of halogens is 1. The van der Waals surface area contributed by atoms with E-state index < -0.39 is 17.8 Å². The third kappa shape index (κ3) is 3.46. The van der Waals surface area contributed by atoms with Crippen molar-refractivity contribution in [3.63, 3.8) is 0 Å². The fraction of sp³-hybridized carbons (Fsp3) is 0.429. The molecule has 6 heteroatoms. The number of hydrogen-bond donors (Lipinski definition) is 2. The average molecular weight is 280 g/mol. The summed E-state index contributed by atoms with van der Waals surface area (Å²) in [6.07, 6.45) is 1.83. The second-order valence-electron chi connectivity index (χ2n) is 4.80. The van der Waals surface area contributed by atoms with Crippen LogP contribution in [-0.4, -0.2) is 17.9 Å². The highest BCUT2D eigenvalue weighted by atomic mass is 19.1. The van der Waals surface area contributed by atoms with Gasteiger partial charge in [0.2, 0.25) is 5.91 Å². The van der Waals surface area contributed by atoms with Gasteiger partial charge in [-0.2, -0.15) is 0 Å². The van der Waals surface area contributed by atoms with Crippen molar-refractivity contribution >= 4 is 11.8 Å². The zero-order chi connectivity index (χ0) is 14.5. The number of rotatable bonds is 4. The van der Waals surface area contributed by atoms with Gasteiger partial charge in [-0.05, 0) is 31.9 Å². The van der Waals surface area contributed by atoms with E-state index in [1.54, 1.807) is 6.07 Å². The molecule has 1 aromatic carbocycles. The van der Waals surface area contributed by atoms with Crippen molar-refractivity contribution in [1.82, 2.24) is 10.9 Å². The first-order valence-corrected chi connectivity index (χ1v) is 6.59. The molecule has 1 aliphatic rings. The third-order valence-corrected chi connectivity index (χ3v) is 3.29. The normalized spacial score (nSPS) is 15.9. The van der Waals surface area contributed by atoms with Gasteiger partial charge in [0, 0.05) is 5.92 Å². The summed E-state index contributed by atoms with van der Waals surface area (Å²) in [5, 5.41) is 0. The van der Waals surface area contributed by atoms with E-state index >= 15 is 0 Å². The van der Waals surface area contributed by atoms with E-state index in [0.717, 1.165) is 19.3 Å². The summed E-state index contributed by atoms with van der Waals surface area (Å²) >= 11 is 0. The molecule has 0 saturated heterocycles. The van der Waals surface area contributed by atoms with Gasteiger partial charge in [0.25, 0.3) is 5.91 Å². The molecule has 0 aliphatic heterocycles. The molecule has 0 heterocycles. The zero-order valence-corrected chi connectivity index (χ0v) is 11.2. The highest BCUT2D eigenvalue weighted by molar-refractivity contribution is 5.85. The summed E-state index contributed by atoms with van der Waals surface area (Å²) in [5.41, 5.74) is 4.64. The first kappa shape index (κ1) is 14.3. The summed E-state index contributed by atoms with van der Waals surface area (Å²) < 4.78 is 18.6. The van der Waals surface area contributed by atoms with E-state index in [0.29, 0.717) is 0 Å². The Bertz CT molecular complexity index is 503. The van der Waals surface area contributed by atoms with Crippen LogP contribution in [0, 0.1) is 11.7 Å². The number of carbonyl (C=O) groups is 2. The standard InChI is InChI=1S/C14H17FN2O3/c1-9(20-12-8-3-2-7-11(12)15)13(18)16-17-14(19)10-5-4-6-10/h2-3,7-10H,4-6H2,1H3,(H,16,18)(H,17,19). The first-order valence-electron chi connectivity index (χ1n) is 6.59. The Balaban J connectivity index is 1.80. The maximum atomic E-state index is 13.4. The molecule has 0 spiro atoms. The largest absolute Gasteiger partial charge is 0.478 e. The van der Waals surface area contributed by atoms with Crippen LogP contribution in [0.5, 0.6) is 5.75 Å². The van der Waals surface area contributed by atoms with E-state index in [9.17, 15) is 14.0 Å². The topological polar surface area (TPSA) is 67.4 Å². The van der Waals surface area contributed by atoms with Crippen molar-refractivity contribution in [2.75, 3.05) is 0 Å². The molecule has 0 aromatic heterocycles. The maximum Gasteiger partial charge on any atom is 0.279 e. The van der Waals surface area contributed by atoms with Crippen LogP contribution in [0.15, 0.2) is 24.3 Å². The van der Waals surface area contributed by atoms with Crippen molar-refractivity contribution in [2.24, 2.45) is 5.92 Å². The number of ether oxygens (including phenoxy) is 1. The highest BCUT2D eigenvalue weighted by Crippen LogP contribution is 2.25. The van der Waals surface area contributed by atoms with E-state index in [2.05, 4.69) is 10.9 Å². The minimum atomic E-state index is -0.909. The number of hydrogen-bond acceptors (Lipinski definition) is 3. The zero-order valence-electron chi connectivity index (χ0n) is 11.2. The van der Waals surface area contributed by atoms with E-state index in [1.165, 1.54) is 25.1 Å². The SMILES string of the molecule is CC(Oc1ccccc1F)C(=O)NNC(=O)C1CCC1. The molecule has 2 N–H and O–H groups in total. The average Bonchev–Trinajstić information content (AvgIpc) is 2.36. The molecule has 5 nitrogen and oxygen atoms in total. The lowest BCUT2D eigenvalue weighted by atomic mass is 9.85. The van der Waals surface area contributed by atoms with Crippen LogP contribution in [0.2, 0.25) is 0 Å². The quantitative estimate of drug-likeness (QED) is 0.822. The Kier molecular flexibility index (Phi) is 4.55. The molecule has 108 valence electrons. The molecule has 1 aromatic rings. The lowest BCUT2D eigenvalue weighted by Gasteiger charge is -2.24. The molecule has 1 aliphatic carbocycles. The minimum Gasteiger partial charge on any atom is -0.478 e. The molecule has 2 amide bonds. The first-order chi connectivity index (χ1) is 9.58. The van der Waals surface area contributed by atoms with Gasteiger partial charge >= 0.3 is 0 Å². The van der Waals surface area contributed by atoms with Crippen molar-refractivity contribution in [1.29, 1.82) is 0 Å². The van der Waals surface area contributed by atoms with Crippen LogP contribution < -0.4 is 15.6 Å². The lowest BCUT2D eigenvalue weighted by Crippen LogP contribution is -2.49. The van der Waals surface area contributed by atoms with E-state index in [4.69, 9.17) is 4.74 Å². The smallest absolute Gasteiger partial charge is 0.279 e. The Morgan fingerprint density at radius 1 is 1.30 bits per heavy atom. The summed E-state index contributed by atoms with van der Waals surface area (Å²) in [6, 6.07) is 5.83. The Morgan fingerprint density at radius 2 is 2.00 bits per heavy atom. The predicted molar refractivity (Wildman–Crippen MR) is 70.1 cm³/mol. The number of hydrazine groups is 1. The number of para-hydroxylation sites is 1. The molecule has 1 fully saturated rings. The van der Waals surface area contributed by atoms with Crippen LogP contribution in [0.3, 0.4) is 0 Å². The maximum absolute atomic E-state index is 13.4. The summed E-state index contributed by atoms with van der Waals surface area (Å²) in [7, 11) is 0. The second-order valence-corrected chi connectivity index (χ2v) is 4.80. The van der Waals surface area contributed by atoms with Gasteiger partial charge in [-0.3, -0.25) is 20.4 Å². The van der Waals surface area contributed by atoms with Crippen LogP contribution in [-0.2, 0) is 9.59 Å². The van der Waals surface area contributed by atoms with Crippen LogP contribution in [0.4, 0.5) is 4.39 Å². The number of carbonyl (C=O) groups excluding carboxylic acids is 2. The van der Waals surface area contributed by atoms with Gasteiger partial charge in [0.15, 0.2) is 17.7 Å². The Morgan fingerprint density at radius 3 is 2.60 bits per heavy atom. The Hall–Kier alpha value is -2.11. The number of nitrogens with one attached hydrogen (secondary N) is 2. The molecule has 2 rings (SSSR count). The highest BCUT2D eigenvalue weighted by Gasteiger charge is 2.26. The Labute approximate surface area is 116 Å². The molecule has 1 unspecified atom stereocenters. The second kappa shape index (κ2) is 6.36. The molecule has 20 heavy (non-hydrogen) atoms. The lowest BCUT2D eigenvalue weighted by molar-refractivity contribution is -0.135. The molecule has 1 atom stereocenters. The van der Waals surface area contributed by atoms with Crippen molar-refractivity contribution in [3.8, 4) is 5.75 Å². The fourth-order valence-corrected chi connectivity index (χ4v) is 1.78. The summed E-state index contributed by atoms with van der Waals surface area (Å²) in [6.45, 7) is 1.48. The number of benzene rings is 1. The molecule has 0 bridgehead atoms. The summed E-state index contributed by atoms with van der Waals surface area (Å²) in [4.78, 5) is 23.3. The number of amides is 2. The van der Waals surface area contributed by atoms with Gasteiger partial charge in [0.05, 0.1) is 0 Å². The third-order valence-electron chi connectivity index (χ3n) is 3.29. The van der Waals surface area contributed by atoms with Crippen molar-refractivity contribution < 1.29 is 18.7 Å². The molecular weight excluding hydrogens is 263 g/mol. The van der Waals surface area contributed by atoms with Gasteiger partial charge in [0.1, 0.15) is 0 Å². The fourth-order valence-electron chi connectivity index (χ4n) is 1.78. The molecule has 1 saturated carbocycles. The van der Waals surface area contributed by atoms with Crippen molar-refractivity contribution in [2.45, 2.75) is 32.3 Å². The van der Waals surface area contributed by atoms with Gasteiger partial charge in [-0.1, -0.05) is 18.6 Å². The van der Waals surface area contributed by atoms with Crippen molar-refractivity contribution in [3.05, 3.63) is 30.1 Å². The predicted octanol–water partition coefficient (Wildman–Crippen LogP) is 1.54. The van der Waals surface area contributed by atoms with E-state index in [1.807, 2.05) is 0 Å². The van der Waals surface area contributed by atoms with E-state index in [-0.39, 0.29) is 17.6 Å². The monoisotopic (exact) mass is 280 g/mol. The van der Waals surface area contributed by atoms with Crippen LogP contribution >= 0.6 is 0 Å². The molecular formula is C14H17FN2O3.